The minimum Gasteiger partial charge on any atom is -0.305 e. The van der Waals surface area contributed by atoms with Crippen LogP contribution < -0.4 is 5.32 Å². The van der Waals surface area contributed by atoms with Gasteiger partial charge in [0.15, 0.2) is 0 Å². The third kappa shape index (κ3) is 3.78. The summed E-state index contributed by atoms with van der Waals surface area (Å²) in [7, 11) is 0. The van der Waals surface area contributed by atoms with Gasteiger partial charge in [0.25, 0.3) is 5.91 Å². The largest absolute Gasteiger partial charge is 0.417 e. The van der Waals surface area contributed by atoms with Gasteiger partial charge in [0.2, 0.25) is 0 Å². The molecule has 2 heterocycles. The summed E-state index contributed by atoms with van der Waals surface area (Å²) in [5, 5.41) is 2.47. The lowest BCUT2D eigenvalue weighted by Gasteiger charge is -2.08. The Balaban J connectivity index is 2.15. The summed E-state index contributed by atoms with van der Waals surface area (Å²) in [5.74, 6) is -0.333. The molecular formula is C13H9BrF3N3O. The first-order valence-corrected chi connectivity index (χ1v) is 6.54. The highest BCUT2D eigenvalue weighted by molar-refractivity contribution is 9.10. The van der Waals surface area contributed by atoms with Crippen molar-refractivity contribution in [2.24, 2.45) is 0 Å². The van der Waals surface area contributed by atoms with Gasteiger partial charge >= 0.3 is 6.18 Å². The Bertz CT molecular complexity index is 671. The Morgan fingerprint density at radius 2 is 1.95 bits per heavy atom. The molecule has 110 valence electrons. The predicted molar refractivity (Wildman–Crippen MR) is 73.9 cm³/mol. The van der Waals surface area contributed by atoms with E-state index in [1.165, 1.54) is 0 Å². The molecule has 0 aliphatic heterocycles. The minimum absolute atomic E-state index is 0.120. The van der Waals surface area contributed by atoms with Crippen molar-refractivity contribution in [3.63, 3.8) is 0 Å². The molecule has 0 saturated heterocycles. The molecule has 1 amide bonds. The van der Waals surface area contributed by atoms with Crippen LogP contribution in [-0.2, 0) is 6.18 Å². The molecule has 21 heavy (non-hydrogen) atoms. The zero-order valence-electron chi connectivity index (χ0n) is 10.7. The van der Waals surface area contributed by atoms with Gasteiger partial charge in [-0.05, 0) is 47.1 Å². The molecule has 2 aromatic rings. The molecule has 2 rings (SSSR count). The molecule has 0 unspecified atom stereocenters. The van der Waals surface area contributed by atoms with Crippen LogP contribution in [0.15, 0.2) is 34.9 Å². The van der Waals surface area contributed by atoms with E-state index >= 15 is 0 Å². The maximum absolute atomic E-state index is 12.4. The lowest BCUT2D eigenvalue weighted by atomic mass is 10.2. The highest BCUT2D eigenvalue weighted by Crippen LogP contribution is 2.28. The summed E-state index contributed by atoms with van der Waals surface area (Å²) in [4.78, 5) is 19.5. The van der Waals surface area contributed by atoms with Crippen molar-refractivity contribution in [3.05, 3.63) is 51.9 Å². The maximum Gasteiger partial charge on any atom is 0.417 e. The van der Waals surface area contributed by atoms with E-state index in [9.17, 15) is 18.0 Å². The molecular weight excluding hydrogens is 351 g/mol. The monoisotopic (exact) mass is 359 g/mol. The Morgan fingerprint density at radius 3 is 2.48 bits per heavy atom. The number of alkyl halides is 3. The van der Waals surface area contributed by atoms with E-state index in [-0.39, 0.29) is 5.69 Å². The number of hydrogen-bond donors (Lipinski definition) is 1. The van der Waals surface area contributed by atoms with Gasteiger partial charge in [0, 0.05) is 10.7 Å². The molecule has 0 saturated carbocycles. The number of anilines is 1. The topological polar surface area (TPSA) is 54.9 Å². The van der Waals surface area contributed by atoms with Gasteiger partial charge in [0.1, 0.15) is 11.5 Å². The number of halogens is 4. The van der Waals surface area contributed by atoms with E-state index in [0.29, 0.717) is 17.7 Å². The van der Waals surface area contributed by atoms with Crippen LogP contribution in [0.2, 0.25) is 0 Å². The van der Waals surface area contributed by atoms with Crippen molar-refractivity contribution < 1.29 is 18.0 Å². The molecule has 0 atom stereocenters. The van der Waals surface area contributed by atoms with Gasteiger partial charge in [-0.25, -0.2) is 4.98 Å². The van der Waals surface area contributed by atoms with Crippen LogP contribution in [0.25, 0.3) is 0 Å². The Labute approximate surface area is 126 Å². The second kappa shape index (κ2) is 5.80. The summed E-state index contributed by atoms with van der Waals surface area (Å²) in [6.07, 6.45) is -3.86. The molecule has 0 fully saturated rings. The van der Waals surface area contributed by atoms with Gasteiger partial charge in [-0.3, -0.25) is 9.78 Å². The smallest absolute Gasteiger partial charge is 0.305 e. The molecule has 8 heteroatoms. The number of nitrogens with zero attached hydrogens (tertiary/aromatic N) is 2. The number of carbonyl (C=O) groups is 1. The molecule has 4 nitrogen and oxygen atoms in total. The van der Waals surface area contributed by atoms with E-state index in [1.807, 2.05) is 0 Å². The van der Waals surface area contributed by atoms with Crippen LogP contribution in [0.5, 0.6) is 0 Å². The summed E-state index contributed by atoms with van der Waals surface area (Å²) in [6.45, 7) is 1.75. The Kier molecular flexibility index (Phi) is 4.26. The second-order valence-electron chi connectivity index (χ2n) is 4.15. The molecule has 1 N–H and O–H groups in total. The summed E-state index contributed by atoms with van der Waals surface area (Å²) in [5.41, 5.74) is -0.352. The average Bonchev–Trinajstić information content (AvgIpc) is 2.42. The zero-order valence-corrected chi connectivity index (χ0v) is 12.3. The molecule has 0 bridgehead atoms. The van der Waals surface area contributed by atoms with Gasteiger partial charge in [-0.15, -0.1) is 0 Å². The van der Waals surface area contributed by atoms with E-state index in [1.54, 1.807) is 19.1 Å². The van der Waals surface area contributed by atoms with Gasteiger partial charge in [0.05, 0.1) is 11.3 Å². The quantitative estimate of drug-likeness (QED) is 0.886. The predicted octanol–water partition coefficient (Wildman–Crippen LogP) is 3.82. The van der Waals surface area contributed by atoms with Crippen LogP contribution in [0, 0.1) is 6.92 Å². The highest BCUT2D eigenvalue weighted by Gasteiger charge is 2.30. The molecule has 0 aromatic carbocycles. The van der Waals surface area contributed by atoms with Crippen LogP contribution in [-0.4, -0.2) is 15.9 Å². The molecule has 0 radical (unpaired) electrons. The number of aromatic nitrogens is 2. The van der Waals surface area contributed by atoms with E-state index in [2.05, 4.69) is 31.2 Å². The van der Waals surface area contributed by atoms with Crippen molar-refractivity contribution in [1.82, 2.24) is 9.97 Å². The van der Waals surface area contributed by atoms with E-state index in [0.717, 1.165) is 16.6 Å². The second-order valence-corrected chi connectivity index (χ2v) is 5.00. The average molecular weight is 360 g/mol. The third-order valence-corrected chi connectivity index (χ3v) is 3.42. The van der Waals surface area contributed by atoms with Crippen LogP contribution >= 0.6 is 15.9 Å². The first-order chi connectivity index (χ1) is 9.77. The number of nitrogens with one attached hydrogen (secondary N) is 1. The number of rotatable bonds is 2. The third-order valence-electron chi connectivity index (χ3n) is 2.59. The molecule has 0 aliphatic rings. The number of pyridine rings is 2. The summed E-state index contributed by atoms with van der Waals surface area (Å²) >= 11 is 3.27. The normalized spacial score (nSPS) is 11.3. The summed E-state index contributed by atoms with van der Waals surface area (Å²) in [6, 6.07) is 5.10. The fraction of sp³-hybridized carbons (Fsp3) is 0.154. The number of hydrogen-bond acceptors (Lipinski definition) is 3. The van der Waals surface area contributed by atoms with E-state index < -0.39 is 17.6 Å². The standard InChI is InChI=1S/C13H9BrF3N3O/c1-7-9(14)3-5-11(19-7)20-12(21)10-4-2-8(6-18-10)13(15,16)17/h2-6H,1H3,(H,19,20,21). The lowest BCUT2D eigenvalue weighted by molar-refractivity contribution is -0.137. The van der Waals surface area contributed by atoms with Gasteiger partial charge < -0.3 is 5.32 Å². The van der Waals surface area contributed by atoms with Crippen molar-refractivity contribution in [2.45, 2.75) is 13.1 Å². The van der Waals surface area contributed by atoms with Crippen LogP contribution in [0.4, 0.5) is 19.0 Å². The van der Waals surface area contributed by atoms with Crippen molar-refractivity contribution in [2.75, 3.05) is 5.32 Å². The minimum atomic E-state index is -4.48. The summed E-state index contributed by atoms with van der Waals surface area (Å²) < 4.78 is 38.0. The molecule has 2 aromatic heterocycles. The van der Waals surface area contributed by atoms with Crippen LogP contribution in [0.3, 0.4) is 0 Å². The molecule has 0 spiro atoms. The van der Waals surface area contributed by atoms with Gasteiger partial charge in [-0.1, -0.05) is 0 Å². The van der Waals surface area contributed by atoms with E-state index in [4.69, 9.17) is 0 Å². The first-order valence-electron chi connectivity index (χ1n) is 5.75. The van der Waals surface area contributed by atoms with Crippen molar-refractivity contribution in [3.8, 4) is 0 Å². The lowest BCUT2D eigenvalue weighted by Crippen LogP contribution is -2.15. The number of carbonyl (C=O) groups excluding carboxylic acids is 1. The Morgan fingerprint density at radius 1 is 1.24 bits per heavy atom. The first kappa shape index (κ1) is 15.4. The van der Waals surface area contributed by atoms with Crippen molar-refractivity contribution in [1.29, 1.82) is 0 Å². The number of amides is 1. The Hall–Kier alpha value is -1.96. The SMILES string of the molecule is Cc1nc(NC(=O)c2ccc(C(F)(F)F)cn2)ccc1Br. The zero-order chi connectivity index (χ0) is 15.6. The van der Waals surface area contributed by atoms with Crippen molar-refractivity contribution >= 4 is 27.7 Å². The highest BCUT2D eigenvalue weighted by atomic mass is 79.9. The fourth-order valence-electron chi connectivity index (χ4n) is 1.49. The number of aryl methyl sites for hydroxylation is 1. The maximum atomic E-state index is 12.4. The fourth-order valence-corrected chi connectivity index (χ4v) is 1.71. The van der Waals surface area contributed by atoms with Gasteiger partial charge in [-0.2, -0.15) is 13.2 Å². The molecule has 0 aliphatic carbocycles. The van der Waals surface area contributed by atoms with Crippen LogP contribution in [0.1, 0.15) is 21.7 Å².